The predicted molar refractivity (Wildman–Crippen MR) is 120 cm³/mol. The van der Waals surface area contributed by atoms with Crippen molar-refractivity contribution in [2.45, 2.75) is 24.8 Å². The van der Waals surface area contributed by atoms with Gasteiger partial charge >= 0.3 is 0 Å². The molecular weight excluding hydrogens is 468 g/mol. The Morgan fingerprint density at radius 1 is 1.13 bits per heavy atom. The molecule has 0 fully saturated rings. The number of carbonyl (C=O) groups excluding carboxylic acids is 1. The van der Waals surface area contributed by atoms with E-state index in [2.05, 4.69) is 26.2 Å². The Morgan fingerprint density at radius 2 is 1.83 bits per heavy atom. The predicted octanol–water partition coefficient (Wildman–Crippen LogP) is 3.36. The fraction of sp³-hybridized carbons (Fsp3) is 0.238. The first-order chi connectivity index (χ1) is 14.4. The molecule has 0 aliphatic carbocycles. The van der Waals surface area contributed by atoms with Gasteiger partial charge in [-0.15, -0.1) is 0 Å². The third kappa shape index (κ3) is 5.70. The maximum Gasteiger partial charge on any atom is 0.264 e. The van der Waals surface area contributed by atoms with Crippen molar-refractivity contribution in [2.75, 3.05) is 17.4 Å². The molecule has 0 saturated carbocycles. The Hall–Kier alpha value is -2.65. The number of carbonyl (C=O) groups is 1. The molecule has 0 radical (unpaired) electrons. The van der Waals surface area contributed by atoms with Crippen molar-refractivity contribution in [3.05, 3.63) is 77.3 Å². The Morgan fingerprint density at radius 3 is 2.47 bits per heavy atom. The topological polar surface area (TPSA) is 84.3 Å². The molecule has 1 N–H and O–H groups in total. The van der Waals surface area contributed by atoms with Crippen LogP contribution in [-0.4, -0.2) is 37.0 Å². The number of anilines is 1. The van der Waals surface area contributed by atoms with Gasteiger partial charge in [0.1, 0.15) is 6.54 Å². The number of aromatic nitrogens is 2. The number of amides is 1. The van der Waals surface area contributed by atoms with E-state index in [9.17, 15) is 13.2 Å². The third-order valence-corrected chi connectivity index (χ3v) is 6.80. The van der Waals surface area contributed by atoms with Crippen molar-refractivity contribution in [3.63, 3.8) is 0 Å². The summed E-state index contributed by atoms with van der Waals surface area (Å²) >= 11 is 3.35. The van der Waals surface area contributed by atoms with Gasteiger partial charge in [0, 0.05) is 30.0 Å². The number of benzene rings is 2. The van der Waals surface area contributed by atoms with Crippen LogP contribution < -0.4 is 9.62 Å². The SMILES string of the molecule is Cc1ccc(S(=O)(=O)N(CC(=O)NCCCn2ccnc2)c2ccc(Br)cc2)cc1. The van der Waals surface area contributed by atoms with Crippen LogP contribution in [0.4, 0.5) is 5.69 Å². The molecule has 0 unspecified atom stereocenters. The van der Waals surface area contributed by atoms with Crippen LogP contribution in [0.25, 0.3) is 0 Å². The lowest BCUT2D eigenvalue weighted by molar-refractivity contribution is -0.119. The third-order valence-electron chi connectivity index (χ3n) is 4.49. The van der Waals surface area contributed by atoms with E-state index in [1.165, 1.54) is 0 Å². The highest BCUT2D eigenvalue weighted by atomic mass is 79.9. The summed E-state index contributed by atoms with van der Waals surface area (Å²) in [6.07, 6.45) is 5.98. The number of rotatable bonds is 9. The van der Waals surface area contributed by atoms with Gasteiger partial charge in [0.15, 0.2) is 0 Å². The number of nitrogens with one attached hydrogen (secondary N) is 1. The summed E-state index contributed by atoms with van der Waals surface area (Å²) in [6.45, 7) is 2.75. The summed E-state index contributed by atoms with van der Waals surface area (Å²) in [4.78, 5) is 16.7. The van der Waals surface area contributed by atoms with Crippen molar-refractivity contribution in [1.82, 2.24) is 14.9 Å². The van der Waals surface area contributed by atoms with E-state index in [4.69, 9.17) is 0 Å². The molecule has 158 valence electrons. The van der Waals surface area contributed by atoms with E-state index in [0.29, 0.717) is 18.7 Å². The summed E-state index contributed by atoms with van der Waals surface area (Å²) in [6, 6.07) is 13.4. The molecule has 3 rings (SSSR count). The minimum absolute atomic E-state index is 0.143. The summed E-state index contributed by atoms with van der Waals surface area (Å²) in [7, 11) is -3.90. The number of halogens is 1. The summed E-state index contributed by atoms with van der Waals surface area (Å²) in [5.41, 5.74) is 1.38. The van der Waals surface area contributed by atoms with Crippen molar-refractivity contribution >= 4 is 37.5 Å². The second-order valence-corrected chi connectivity index (χ2v) is 9.58. The largest absolute Gasteiger partial charge is 0.354 e. The second kappa shape index (κ2) is 9.90. The summed E-state index contributed by atoms with van der Waals surface area (Å²) < 4.78 is 30.4. The highest BCUT2D eigenvalue weighted by molar-refractivity contribution is 9.10. The normalized spacial score (nSPS) is 11.3. The molecule has 0 aliphatic heterocycles. The van der Waals surface area contributed by atoms with Crippen LogP contribution in [0.1, 0.15) is 12.0 Å². The van der Waals surface area contributed by atoms with Crippen molar-refractivity contribution in [3.8, 4) is 0 Å². The van der Waals surface area contributed by atoms with E-state index in [1.54, 1.807) is 61.1 Å². The minimum atomic E-state index is -3.90. The van der Waals surface area contributed by atoms with Gasteiger partial charge < -0.3 is 9.88 Å². The molecule has 2 aromatic carbocycles. The zero-order chi connectivity index (χ0) is 21.6. The molecule has 0 aliphatic rings. The molecule has 0 spiro atoms. The van der Waals surface area contributed by atoms with Crippen molar-refractivity contribution < 1.29 is 13.2 Å². The molecule has 0 atom stereocenters. The fourth-order valence-corrected chi connectivity index (χ4v) is 4.54. The first kappa shape index (κ1) is 22.0. The van der Waals surface area contributed by atoms with Gasteiger partial charge in [-0.3, -0.25) is 9.10 Å². The van der Waals surface area contributed by atoms with Gasteiger partial charge in [-0.25, -0.2) is 13.4 Å². The number of imidazole rings is 1. The molecule has 7 nitrogen and oxygen atoms in total. The quantitative estimate of drug-likeness (QED) is 0.466. The molecule has 3 aromatic rings. The number of hydrogen-bond donors (Lipinski definition) is 1. The van der Waals surface area contributed by atoms with Crippen LogP contribution in [0, 0.1) is 6.92 Å². The van der Waals surface area contributed by atoms with Crippen molar-refractivity contribution in [2.24, 2.45) is 0 Å². The van der Waals surface area contributed by atoms with E-state index in [0.717, 1.165) is 20.9 Å². The molecule has 1 amide bonds. The summed E-state index contributed by atoms with van der Waals surface area (Å²) in [5, 5.41) is 2.80. The number of nitrogens with zero attached hydrogens (tertiary/aromatic N) is 3. The lowest BCUT2D eigenvalue weighted by Crippen LogP contribution is -2.41. The van der Waals surface area contributed by atoms with Crippen LogP contribution in [0.5, 0.6) is 0 Å². The Labute approximate surface area is 184 Å². The lowest BCUT2D eigenvalue weighted by Gasteiger charge is -2.24. The van der Waals surface area contributed by atoms with Crippen LogP contribution >= 0.6 is 15.9 Å². The Kier molecular flexibility index (Phi) is 7.28. The van der Waals surface area contributed by atoms with E-state index >= 15 is 0 Å². The zero-order valence-electron chi connectivity index (χ0n) is 16.5. The maximum atomic E-state index is 13.3. The first-order valence-electron chi connectivity index (χ1n) is 9.44. The van der Waals surface area contributed by atoms with Crippen LogP contribution in [-0.2, 0) is 21.4 Å². The number of hydrogen-bond acceptors (Lipinski definition) is 4. The molecule has 0 bridgehead atoms. The lowest BCUT2D eigenvalue weighted by atomic mass is 10.2. The van der Waals surface area contributed by atoms with E-state index in [-0.39, 0.29) is 17.3 Å². The molecule has 9 heteroatoms. The molecule has 0 saturated heterocycles. The van der Waals surface area contributed by atoms with Crippen LogP contribution in [0.3, 0.4) is 0 Å². The monoisotopic (exact) mass is 490 g/mol. The average Bonchev–Trinajstić information content (AvgIpc) is 3.24. The van der Waals surface area contributed by atoms with Gasteiger partial charge in [-0.1, -0.05) is 33.6 Å². The van der Waals surface area contributed by atoms with Gasteiger partial charge in [0.2, 0.25) is 5.91 Å². The maximum absolute atomic E-state index is 13.3. The first-order valence-corrected chi connectivity index (χ1v) is 11.7. The Balaban J connectivity index is 1.73. The fourth-order valence-electron chi connectivity index (χ4n) is 2.85. The highest BCUT2D eigenvalue weighted by Crippen LogP contribution is 2.25. The molecular formula is C21H23BrN4O3S. The highest BCUT2D eigenvalue weighted by Gasteiger charge is 2.27. The van der Waals surface area contributed by atoms with Gasteiger partial charge in [0.25, 0.3) is 10.0 Å². The smallest absolute Gasteiger partial charge is 0.264 e. The van der Waals surface area contributed by atoms with Crippen molar-refractivity contribution in [1.29, 1.82) is 0 Å². The van der Waals surface area contributed by atoms with Gasteiger partial charge in [0.05, 0.1) is 16.9 Å². The van der Waals surface area contributed by atoms with E-state index < -0.39 is 10.0 Å². The van der Waals surface area contributed by atoms with E-state index in [1.807, 2.05) is 17.7 Å². The van der Waals surface area contributed by atoms with Crippen LogP contribution in [0.15, 0.2) is 76.6 Å². The molecule has 30 heavy (non-hydrogen) atoms. The molecule has 1 heterocycles. The van der Waals surface area contributed by atoms with Gasteiger partial charge in [-0.05, 0) is 49.7 Å². The second-order valence-electron chi connectivity index (χ2n) is 6.81. The van der Waals surface area contributed by atoms with Gasteiger partial charge in [-0.2, -0.15) is 0 Å². The zero-order valence-corrected chi connectivity index (χ0v) is 18.9. The van der Waals surface area contributed by atoms with Crippen LogP contribution in [0.2, 0.25) is 0 Å². The molecule has 1 aromatic heterocycles. The number of aryl methyl sites for hydroxylation is 2. The summed E-state index contributed by atoms with van der Waals surface area (Å²) in [5.74, 6) is -0.362. The Bertz CT molecular complexity index is 1070. The standard InChI is InChI=1S/C21H23BrN4O3S/c1-17-3-9-20(10-4-17)30(28,29)26(19-7-5-18(22)6-8-19)15-21(27)24-11-2-13-25-14-12-23-16-25/h3-10,12,14,16H,2,11,13,15H2,1H3,(H,24,27). The number of sulfonamides is 1. The minimum Gasteiger partial charge on any atom is -0.354 e. The average molecular weight is 491 g/mol.